The molecule has 1 fully saturated rings. The zero-order valence-corrected chi connectivity index (χ0v) is 15.4. The molecule has 0 unspecified atom stereocenters. The van der Waals surface area contributed by atoms with Gasteiger partial charge in [0, 0.05) is 38.3 Å². The third-order valence-corrected chi connectivity index (χ3v) is 4.50. The summed E-state index contributed by atoms with van der Waals surface area (Å²) in [6, 6.07) is 6.14. The normalized spacial score (nSPS) is 15.1. The smallest absolute Gasteiger partial charge is 0.237 e. The number of hydrogen-bond acceptors (Lipinski definition) is 9. The molecule has 3 heterocycles. The molecule has 0 spiro atoms. The largest absolute Gasteiger partial charge is 0.480 e. The molecule has 0 bridgehead atoms. The quantitative estimate of drug-likeness (QED) is 0.672. The van der Waals surface area contributed by atoms with E-state index in [0.717, 1.165) is 32.5 Å². The maximum atomic E-state index is 8.70. The molecule has 2 aromatic rings. The van der Waals surface area contributed by atoms with E-state index >= 15 is 0 Å². The van der Waals surface area contributed by atoms with Gasteiger partial charge in [0.1, 0.15) is 5.69 Å². The lowest BCUT2D eigenvalue weighted by Gasteiger charge is -2.32. The Morgan fingerprint density at radius 3 is 2.93 bits per heavy atom. The van der Waals surface area contributed by atoms with Crippen molar-refractivity contribution in [1.29, 1.82) is 5.26 Å². The van der Waals surface area contributed by atoms with Crippen LogP contribution in [0.3, 0.4) is 0 Å². The first-order valence-electron chi connectivity index (χ1n) is 8.94. The Hall–Kier alpha value is -3.12. The molecule has 9 heteroatoms. The van der Waals surface area contributed by atoms with Crippen LogP contribution in [0, 0.1) is 11.3 Å². The fourth-order valence-corrected chi connectivity index (χ4v) is 3.04. The van der Waals surface area contributed by atoms with Crippen molar-refractivity contribution in [3.05, 3.63) is 24.5 Å². The first kappa shape index (κ1) is 18.7. The van der Waals surface area contributed by atoms with Crippen molar-refractivity contribution < 1.29 is 4.74 Å². The van der Waals surface area contributed by atoms with Crippen molar-refractivity contribution in [2.45, 2.75) is 25.3 Å². The summed E-state index contributed by atoms with van der Waals surface area (Å²) in [6.07, 6.45) is 5.78. The first-order chi connectivity index (χ1) is 13.2. The fraction of sp³-hybridized carbons (Fsp3) is 0.444. The Morgan fingerprint density at radius 2 is 2.19 bits per heavy atom. The maximum Gasteiger partial charge on any atom is 0.237 e. The molecule has 2 aromatic heterocycles. The van der Waals surface area contributed by atoms with E-state index < -0.39 is 0 Å². The molecular weight excluding hydrogens is 344 g/mol. The lowest BCUT2D eigenvalue weighted by atomic mass is 10.0. The van der Waals surface area contributed by atoms with Crippen LogP contribution in [0.1, 0.15) is 19.3 Å². The van der Waals surface area contributed by atoms with Gasteiger partial charge in [-0.15, -0.1) is 0 Å². The summed E-state index contributed by atoms with van der Waals surface area (Å²) < 4.78 is 5.24. The molecule has 0 aliphatic carbocycles. The first-order valence-corrected chi connectivity index (χ1v) is 8.94. The second-order valence-electron chi connectivity index (χ2n) is 6.35. The van der Waals surface area contributed by atoms with Gasteiger partial charge in [-0.1, -0.05) is 0 Å². The standard InChI is InChI=1S/C18H24N8O/c1-27-17-15(4-2-8-21-17)24-18-22-12-14(20)16(25-18)23-13-5-10-26(11-6-13)9-3-7-19/h2,4,8,12-13H,3,5-6,9-11,20H2,1H3,(H2,22,23,24,25). The molecule has 1 aliphatic rings. The number of nitrogens with one attached hydrogen (secondary N) is 2. The Kier molecular flexibility index (Phi) is 6.22. The van der Waals surface area contributed by atoms with E-state index in [-0.39, 0.29) is 0 Å². The summed E-state index contributed by atoms with van der Waals surface area (Å²) in [5, 5.41) is 15.2. The number of pyridine rings is 1. The van der Waals surface area contributed by atoms with Crippen LogP contribution in [0.4, 0.5) is 23.1 Å². The second-order valence-corrected chi connectivity index (χ2v) is 6.35. The summed E-state index contributed by atoms with van der Waals surface area (Å²) >= 11 is 0. The van der Waals surface area contributed by atoms with E-state index in [2.05, 4.69) is 36.6 Å². The number of anilines is 4. The Morgan fingerprint density at radius 1 is 1.37 bits per heavy atom. The van der Waals surface area contributed by atoms with Gasteiger partial charge in [0.05, 0.1) is 25.1 Å². The summed E-state index contributed by atoms with van der Waals surface area (Å²) in [4.78, 5) is 15.2. The van der Waals surface area contributed by atoms with Gasteiger partial charge in [-0.05, 0) is 25.0 Å². The minimum absolute atomic E-state index is 0.293. The van der Waals surface area contributed by atoms with Crippen LogP contribution in [0.2, 0.25) is 0 Å². The average molecular weight is 368 g/mol. The Balaban J connectivity index is 1.63. The second kappa shape index (κ2) is 9.00. The molecule has 0 aromatic carbocycles. The number of likely N-dealkylation sites (tertiary alicyclic amines) is 1. The Bertz CT molecular complexity index is 798. The van der Waals surface area contributed by atoms with Crippen molar-refractivity contribution in [2.75, 3.05) is 43.1 Å². The van der Waals surface area contributed by atoms with Crippen molar-refractivity contribution >= 4 is 23.1 Å². The van der Waals surface area contributed by atoms with Crippen LogP contribution in [0.5, 0.6) is 5.88 Å². The molecule has 4 N–H and O–H groups in total. The number of nitrogen functional groups attached to an aromatic ring is 1. The number of ether oxygens (including phenoxy) is 1. The van der Waals surface area contributed by atoms with Gasteiger partial charge in [-0.25, -0.2) is 9.97 Å². The summed E-state index contributed by atoms with van der Waals surface area (Å²) in [6.45, 7) is 2.75. The van der Waals surface area contributed by atoms with Crippen molar-refractivity contribution in [1.82, 2.24) is 19.9 Å². The van der Waals surface area contributed by atoms with E-state index in [1.54, 1.807) is 25.6 Å². The molecule has 0 amide bonds. The van der Waals surface area contributed by atoms with E-state index in [9.17, 15) is 0 Å². The lowest BCUT2D eigenvalue weighted by molar-refractivity contribution is 0.223. The van der Waals surface area contributed by atoms with Gasteiger partial charge in [0.25, 0.3) is 0 Å². The average Bonchev–Trinajstić information content (AvgIpc) is 2.70. The summed E-state index contributed by atoms with van der Waals surface area (Å²) in [7, 11) is 1.56. The molecule has 0 atom stereocenters. The van der Waals surface area contributed by atoms with Crippen molar-refractivity contribution in [2.24, 2.45) is 0 Å². The van der Waals surface area contributed by atoms with Gasteiger partial charge in [0.2, 0.25) is 11.8 Å². The zero-order valence-electron chi connectivity index (χ0n) is 15.4. The number of nitrogens with two attached hydrogens (primary N) is 1. The van der Waals surface area contributed by atoms with Crippen molar-refractivity contribution in [3.63, 3.8) is 0 Å². The highest BCUT2D eigenvalue weighted by Crippen LogP contribution is 2.25. The number of rotatable bonds is 7. The molecule has 0 radical (unpaired) electrons. The SMILES string of the molecule is COc1ncccc1Nc1ncc(N)c(NC2CCN(CCC#N)CC2)n1. The van der Waals surface area contributed by atoms with Gasteiger partial charge < -0.3 is 26.0 Å². The molecule has 142 valence electrons. The van der Waals surface area contributed by atoms with Gasteiger partial charge >= 0.3 is 0 Å². The fourth-order valence-electron chi connectivity index (χ4n) is 3.04. The monoisotopic (exact) mass is 368 g/mol. The number of nitriles is 1. The minimum Gasteiger partial charge on any atom is -0.480 e. The van der Waals surface area contributed by atoms with Gasteiger partial charge in [0.15, 0.2) is 5.82 Å². The van der Waals surface area contributed by atoms with Crippen LogP contribution in [-0.2, 0) is 0 Å². The van der Waals surface area contributed by atoms with E-state index in [4.69, 9.17) is 15.7 Å². The molecule has 9 nitrogen and oxygen atoms in total. The molecule has 1 aliphatic heterocycles. The number of aromatic nitrogens is 3. The topological polar surface area (TPSA) is 125 Å². The molecule has 3 rings (SSSR count). The van der Waals surface area contributed by atoms with Crippen LogP contribution >= 0.6 is 0 Å². The highest BCUT2D eigenvalue weighted by Gasteiger charge is 2.20. The minimum atomic E-state index is 0.293. The van der Waals surface area contributed by atoms with Crippen LogP contribution in [0.15, 0.2) is 24.5 Å². The van der Waals surface area contributed by atoms with Gasteiger partial charge in [-0.3, -0.25) is 0 Å². The molecule has 0 saturated carbocycles. The maximum absolute atomic E-state index is 8.70. The van der Waals surface area contributed by atoms with Crippen LogP contribution in [-0.4, -0.2) is 52.6 Å². The number of methoxy groups -OCH3 is 1. The number of nitrogens with zero attached hydrogens (tertiary/aromatic N) is 5. The van der Waals surface area contributed by atoms with E-state index in [0.29, 0.717) is 41.5 Å². The zero-order chi connectivity index (χ0) is 19.1. The van der Waals surface area contributed by atoms with E-state index in [1.807, 2.05) is 6.07 Å². The summed E-state index contributed by atoms with van der Waals surface area (Å²) in [5.41, 5.74) is 7.24. The number of piperidine rings is 1. The highest BCUT2D eigenvalue weighted by atomic mass is 16.5. The highest BCUT2D eigenvalue weighted by molar-refractivity contribution is 5.65. The molecule has 1 saturated heterocycles. The predicted molar refractivity (Wildman–Crippen MR) is 104 cm³/mol. The van der Waals surface area contributed by atoms with Crippen LogP contribution in [0.25, 0.3) is 0 Å². The lowest BCUT2D eigenvalue weighted by Crippen LogP contribution is -2.39. The molecule has 27 heavy (non-hydrogen) atoms. The van der Waals surface area contributed by atoms with Gasteiger partial charge in [-0.2, -0.15) is 10.2 Å². The number of hydrogen-bond donors (Lipinski definition) is 3. The van der Waals surface area contributed by atoms with Crippen LogP contribution < -0.4 is 21.1 Å². The summed E-state index contributed by atoms with van der Waals surface area (Å²) in [5.74, 6) is 1.51. The van der Waals surface area contributed by atoms with E-state index in [1.165, 1.54) is 0 Å². The molecular formula is C18H24N8O. The third kappa shape index (κ3) is 4.95. The predicted octanol–water partition coefficient (Wildman–Crippen LogP) is 2.00. The Labute approximate surface area is 158 Å². The van der Waals surface area contributed by atoms with Crippen molar-refractivity contribution in [3.8, 4) is 11.9 Å². The third-order valence-electron chi connectivity index (χ3n) is 4.50.